The minimum atomic E-state index is 0.170. The minimum absolute atomic E-state index is 0.170. The van der Waals surface area contributed by atoms with Crippen LogP contribution in [0.1, 0.15) is 12.0 Å². The zero-order valence-electron chi connectivity index (χ0n) is 11.6. The number of nitrogens with two attached hydrogens (primary N) is 2. The molecule has 0 spiro atoms. The van der Waals surface area contributed by atoms with Crippen LogP contribution in [0.3, 0.4) is 0 Å². The lowest BCUT2D eigenvalue weighted by Crippen LogP contribution is -2.51. The first-order valence-electron chi connectivity index (χ1n) is 6.56. The van der Waals surface area contributed by atoms with Crippen LogP contribution in [0.5, 0.6) is 11.5 Å². The highest BCUT2D eigenvalue weighted by molar-refractivity contribution is 5.42. The Balaban J connectivity index is 2.06. The van der Waals surface area contributed by atoms with Gasteiger partial charge in [-0.1, -0.05) is 6.07 Å². The first-order valence-corrected chi connectivity index (χ1v) is 6.56. The standard InChI is InChI=1S/C14H23N3O2/c1-18-13-4-3-10(5-14(13)19-2)7-17-8-11(15)6-12(16)9-17/h3-5,11-12H,6-9,15-16H2,1-2H3/t11-,12+. The number of benzene rings is 1. The third-order valence-corrected chi connectivity index (χ3v) is 3.45. The molecule has 106 valence electrons. The van der Waals surface area contributed by atoms with E-state index in [1.165, 1.54) is 5.56 Å². The minimum Gasteiger partial charge on any atom is -0.493 e. The second-order valence-corrected chi connectivity index (χ2v) is 5.14. The zero-order valence-corrected chi connectivity index (χ0v) is 11.6. The van der Waals surface area contributed by atoms with E-state index in [4.69, 9.17) is 20.9 Å². The molecular weight excluding hydrogens is 242 g/mol. The Morgan fingerprint density at radius 2 is 1.74 bits per heavy atom. The third kappa shape index (κ3) is 3.59. The molecule has 0 amide bonds. The van der Waals surface area contributed by atoms with Gasteiger partial charge in [0.2, 0.25) is 0 Å². The highest BCUT2D eigenvalue weighted by Gasteiger charge is 2.22. The molecule has 4 N–H and O–H groups in total. The average Bonchev–Trinajstić information content (AvgIpc) is 2.37. The average molecular weight is 265 g/mol. The fourth-order valence-corrected chi connectivity index (χ4v) is 2.64. The van der Waals surface area contributed by atoms with Crippen molar-refractivity contribution in [3.8, 4) is 11.5 Å². The molecule has 0 unspecified atom stereocenters. The van der Waals surface area contributed by atoms with E-state index in [-0.39, 0.29) is 12.1 Å². The van der Waals surface area contributed by atoms with Crippen molar-refractivity contribution in [1.82, 2.24) is 4.90 Å². The monoisotopic (exact) mass is 265 g/mol. The number of hydrogen-bond donors (Lipinski definition) is 2. The lowest BCUT2D eigenvalue weighted by molar-refractivity contribution is 0.182. The number of hydrogen-bond acceptors (Lipinski definition) is 5. The second kappa shape index (κ2) is 6.23. The second-order valence-electron chi connectivity index (χ2n) is 5.14. The van der Waals surface area contributed by atoms with Gasteiger partial charge in [-0.05, 0) is 24.1 Å². The summed E-state index contributed by atoms with van der Waals surface area (Å²) in [6.45, 7) is 2.62. The molecule has 0 bridgehead atoms. The first kappa shape index (κ1) is 14.1. The van der Waals surface area contributed by atoms with Crippen molar-refractivity contribution >= 4 is 0 Å². The maximum absolute atomic E-state index is 6.00. The largest absolute Gasteiger partial charge is 0.493 e. The number of rotatable bonds is 4. The van der Waals surface area contributed by atoms with Crippen molar-refractivity contribution in [3.63, 3.8) is 0 Å². The highest BCUT2D eigenvalue weighted by atomic mass is 16.5. The molecule has 1 aromatic carbocycles. The Kier molecular flexibility index (Phi) is 4.63. The van der Waals surface area contributed by atoms with Gasteiger partial charge in [-0.25, -0.2) is 0 Å². The Bertz CT molecular complexity index is 415. The smallest absolute Gasteiger partial charge is 0.161 e. The summed E-state index contributed by atoms with van der Waals surface area (Å²) < 4.78 is 10.6. The van der Waals surface area contributed by atoms with Gasteiger partial charge < -0.3 is 20.9 Å². The predicted octanol–water partition coefficient (Wildman–Crippen LogP) is 0.564. The molecular formula is C14H23N3O2. The topological polar surface area (TPSA) is 73.7 Å². The Hall–Kier alpha value is -1.30. The molecule has 19 heavy (non-hydrogen) atoms. The van der Waals surface area contributed by atoms with Crippen LogP contribution in [-0.4, -0.2) is 44.3 Å². The van der Waals surface area contributed by atoms with Crippen molar-refractivity contribution in [2.75, 3.05) is 27.3 Å². The van der Waals surface area contributed by atoms with Crippen LogP contribution in [0.2, 0.25) is 0 Å². The molecule has 0 saturated carbocycles. The van der Waals surface area contributed by atoms with E-state index in [9.17, 15) is 0 Å². The van der Waals surface area contributed by atoms with Crippen LogP contribution >= 0.6 is 0 Å². The molecule has 1 fully saturated rings. The summed E-state index contributed by atoms with van der Waals surface area (Å²) in [7, 11) is 3.29. The van der Waals surface area contributed by atoms with Crippen LogP contribution in [0.25, 0.3) is 0 Å². The van der Waals surface area contributed by atoms with E-state index >= 15 is 0 Å². The van der Waals surface area contributed by atoms with E-state index in [2.05, 4.69) is 4.90 Å². The fourth-order valence-electron chi connectivity index (χ4n) is 2.64. The van der Waals surface area contributed by atoms with Crippen molar-refractivity contribution in [2.24, 2.45) is 11.5 Å². The summed E-state index contributed by atoms with van der Waals surface area (Å²) in [4.78, 5) is 2.29. The van der Waals surface area contributed by atoms with Crippen molar-refractivity contribution < 1.29 is 9.47 Å². The number of methoxy groups -OCH3 is 2. The van der Waals surface area contributed by atoms with Crippen molar-refractivity contribution in [2.45, 2.75) is 25.0 Å². The van der Waals surface area contributed by atoms with Gasteiger partial charge >= 0.3 is 0 Å². The van der Waals surface area contributed by atoms with Crippen molar-refractivity contribution in [1.29, 1.82) is 0 Å². The van der Waals surface area contributed by atoms with Crippen LogP contribution in [0.4, 0.5) is 0 Å². The van der Waals surface area contributed by atoms with Gasteiger partial charge in [-0.3, -0.25) is 4.90 Å². The summed E-state index contributed by atoms with van der Waals surface area (Å²) >= 11 is 0. The summed E-state index contributed by atoms with van der Waals surface area (Å²) in [6, 6.07) is 6.32. The van der Waals surface area contributed by atoms with Gasteiger partial charge in [-0.2, -0.15) is 0 Å². The third-order valence-electron chi connectivity index (χ3n) is 3.45. The van der Waals surface area contributed by atoms with Gasteiger partial charge in [-0.15, -0.1) is 0 Å². The molecule has 5 heteroatoms. The molecule has 0 aromatic heterocycles. The quantitative estimate of drug-likeness (QED) is 0.832. The predicted molar refractivity (Wildman–Crippen MR) is 75.4 cm³/mol. The van der Waals surface area contributed by atoms with E-state index in [0.717, 1.165) is 37.6 Å². The summed E-state index contributed by atoms with van der Waals surface area (Å²) in [5.41, 5.74) is 13.2. The Morgan fingerprint density at radius 3 is 2.32 bits per heavy atom. The van der Waals surface area contributed by atoms with Gasteiger partial charge in [0, 0.05) is 31.7 Å². The van der Waals surface area contributed by atoms with E-state index < -0.39 is 0 Å². The maximum Gasteiger partial charge on any atom is 0.161 e. The molecule has 2 rings (SSSR count). The number of likely N-dealkylation sites (tertiary alicyclic amines) is 1. The zero-order chi connectivity index (χ0) is 13.8. The molecule has 1 aromatic rings. The van der Waals surface area contributed by atoms with E-state index in [1.54, 1.807) is 14.2 Å². The molecule has 1 saturated heterocycles. The van der Waals surface area contributed by atoms with Crippen LogP contribution in [0, 0.1) is 0 Å². The van der Waals surface area contributed by atoms with Gasteiger partial charge in [0.15, 0.2) is 11.5 Å². The SMILES string of the molecule is COc1ccc(CN2C[C@H](N)C[C@H](N)C2)cc1OC. The van der Waals surface area contributed by atoms with Gasteiger partial charge in [0.05, 0.1) is 14.2 Å². The maximum atomic E-state index is 6.00. The number of piperidine rings is 1. The molecule has 0 radical (unpaired) electrons. The highest BCUT2D eigenvalue weighted by Crippen LogP contribution is 2.28. The lowest BCUT2D eigenvalue weighted by atomic mass is 10.0. The van der Waals surface area contributed by atoms with Gasteiger partial charge in [0.1, 0.15) is 0 Å². The molecule has 1 aliphatic rings. The summed E-state index contributed by atoms with van der Waals surface area (Å²) in [6.07, 6.45) is 0.905. The molecule has 5 nitrogen and oxygen atoms in total. The Labute approximate surface area is 114 Å². The van der Waals surface area contributed by atoms with Crippen molar-refractivity contribution in [3.05, 3.63) is 23.8 Å². The molecule has 1 aliphatic heterocycles. The van der Waals surface area contributed by atoms with Crippen LogP contribution in [-0.2, 0) is 6.54 Å². The molecule has 2 atom stereocenters. The summed E-state index contributed by atoms with van der Waals surface area (Å²) in [5.74, 6) is 1.50. The molecule has 0 aliphatic carbocycles. The van der Waals surface area contributed by atoms with E-state index in [0.29, 0.717) is 0 Å². The normalized spacial score (nSPS) is 24.2. The number of ether oxygens (including phenoxy) is 2. The van der Waals surface area contributed by atoms with Crippen LogP contribution in [0.15, 0.2) is 18.2 Å². The van der Waals surface area contributed by atoms with Gasteiger partial charge in [0.25, 0.3) is 0 Å². The first-order chi connectivity index (χ1) is 9.12. The summed E-state index contributed by atoms with van der Waals surface area (Å²) in [5, 5.41) is 0. The fraction of sp³-hybridized carbons (Fsp3) is 0.571. The number of nitrogens with zero attached hydrogens (tertiary/aromatic N) is 1. The van der Waals surface area contributed by atoms with E-state index in [1.807, 2.05) is 18.2 Å². The van der Waals surface area contributed by atoms with Crippen LogP contribution < -0.4 is 20.9 Å². The molecule has 1 heterocycles. The Morgan fingerprint density at radius 1 is 1.11 bits per heavy atom. The lowest BCUT2D eigenvalue weighted by Gasteiger charge is -2.34.